The summed E-state index contributed by atoms with van der Waals surface area (Å²) in [6.07, 6.45) is 2.18. The zero-order chi connectivity index (χ0) is 9.14. The second kappa shape index (κ2) is 3.83. The number of hydrogen-bond acceptors (Lipinski definition) is 1. The van der Waals surface area contributed by atoms with Gasteiger partial charge in [0.05, 0.1) is 10.0 Å². The molecule has 0 radical (unpaired) electrons. The fraction of sp³-hybridized carbons (Fsp3) is 0.111. The van der Waals surface area contributed by atoms with Crippen molar-refractivity contribution in [1.29, 1.82) is 0 Å². The molecule has 0 aliphatic carbocycles. The average molecular weight is 203 g/mol. The largest absolute Gasteiger partial charge is 0.508 e. The van der Waals surface area contributed by atoms with Crippen LogP contribution in [-0.2, 0) is 6.42 Å². The lowest BCUT2D eigenvalue weighted by atomic mass is 10.1. The minimum absolute atomic E-state index is 0.157. The van der Waals surface area contributed by atoms with Crippen molar-refractivity contribution in [3.8, 4) is 5.75 Å². The fourth-order valence-corrected chi connectivity index (χ4v) is 1.33. The molecule has 64 valence electrons. The maximum absolute atomic E-state index is 9.36. The van der Waals surface area contributed by atoms with Crippen LogP contribution in [0.15, 0.2) is 24.8 Å². The topological polar surface area (TPSA) is 20.2 Å². The Labute approximate surface area is 81.2 Å². The highest BCUT2D eigenvalue weighted by molar-refractivity contribution is 6.42. The predicted octanol–water partition coefficient (Wildman–Crippen LogP) is 3.43. The van der Waals surface area contributed by atoms with E-state index in [1.165, 1.54) is 6.07 Å². The number of halogens is 2. The van der Waals surface area contributed by atoms with Gasteiger partial charge in [-0.05, 0) is 18.6 Å². The molecule has 0 fully saturated rings. The molecule has 12 heavy (non-hydrogen) atoms. The average Bonchev–Trinajstić information content (AvgIpc) is 2.06. The summed E-state index contributed by atoms with van der Waals surface area (Å²) in [4.78, 5) is 0. The van der Waals surface area contributed by atoms with E-state index in [0.717, 1.165) is 0 Å². The van der Waals surface area contributed by atoms with E-state index in [4.69, 9.17) is 23.2 Å². The van der Waals surface area contributed by atoms with Crippen LogP contribution in [0.4, 0.5) is 0 Å². The van der Waals surface area contributed by atoms with Crippen molar-refractivity contribution in [2.75, 3.05) is 0 Å². The van der Waals surface area contributed by atoms with Gasteiger partial charge in [-0.25, -0.2) is 0 Å². The van der Waals surface area contributed by atoms with Crippen LogP contribution in [0.2, 0.25) is 10.0 Å². The number of aromatic hydroxyl groups is 1. The third kappa shape index (κ3) is 1.74. The maximum Gasteiger partial charge on any atom is 0.120 e. The molecule has 0 bridgehead atoms. The minimum Gasteiger partial charge on any atom is -0.508 e. The third-order valence-corrected chi connectivity index (χ3v) is 2.36. The van der Waals surface area contributed by atoms with Crippen LogP contribution < -0.4 is 0 Å². The smallest absolute Gasteiger partial charge is 0.120 e. The highest BCUT2D eigenvalue weighted by Gasteiger charge is 2.07. The van der Waals surface area contributed by atoms with Gasteiger partial charge in [0.2, 0.25) is 0 Å². The Balaban J connectivity index is 3.22. The Kier molecular flexibility index (Phi) is 3.01. The summed E-state index contributed by atoms with van der Waals surface area (Å²) in [7, 11) is 0. The molecule has 0 unspecified atom stereocenters. The molecule has 0 spiro atoms. The van der Waals surface area contributed by atoms with E-state index in [0.29, 0.717) is 22.0 Å². The van der Waals surface area contributed by atoms with E-state index >= 15 is 0 Å². The van der Waals surface area contributed by atoms with E-state index < -0.39 is 0 Å². The Morgan fingerprint density at radius 2 is 2.08 bits per heavy atom. The second-order valence-electron chi connectivity index (χ2n) is 2.35. The number of allylic oxidation sites excluding steroid dienone is 1. The van der Waals surface area contributed by atoms with Crippen LogP contribution in [0.25, 0.3) is 0 Å². The Hall–Kier alpha value is -0.660. The van der Waals surface area contributed by atoms with Crippen molar-refractivity contribution in [2.24, 2.45) is 0 Å². The van der Waals surface area contributed by atoms with Crippen molar-refractivity contribution in [3.63, 3.8) is 0 Å². The first-order valence-electron chi connectivity index (χ1n) is 3.43. The first-order chi connectivity index (χ1) is 5.66. The zero-order valence-electron chi connectivity index (χ0n) is 6.35. The molecule has 1 aromatic rings. The van der Waals surface area contributed by atoms with E-state index in [1.54, 1.807) is 12.1 Å². The van der Waals surface area contributed by atoms with Gasteiger partial charge in [-0.2, -0.15) is 0 Å². The highest BCUT2D eigenvalue weighted by Crippen LogP contribution is 2.32. The van der Waals surface area contributed by atoms with Gasteiger partial charge >= 0.3 is 0 Å². The molecular formula is C9H8Cl2O. The van der Waals surface area contributed by atoms with Gasteiger partial charge in [-0.15, -0.1) is 6.58 Å². The number of rotatable bonds is 2. The van der Waals surface area contributed by atoms with Crippen LogP contribution in [0.1, 0.15) is 5.56 Å². The van der Waals surface area contributed by atoms with E-state index in [-0.39, 0.29) is 5.75 Å². The molecule has 1 aromatic carbocycles. The molecule has 1 N–H and O–H groups in total. The standard InChI is InChI=1S/C9H8Cl2O/c1-2-3-6-8(12)5-4-7(10)9(6)11/h2,4-5,12H,1,3H2. The van der Waals surface area contributed by atoms with Gasteiger partial charge < -0.3 is 5.11 Å². The molecular weight excluding hydrogens is 195 g/mol. The molecule has 0 atom stereocenters. The van der Waals surface area contributed by atoms with Crippen LogP contribution in [0.5, 0.6) is 5.75 Å². The van der Waals surface area contributed by atoms with Gasteiger partial charge in [0.25, 0.3) is 0 Å². The highest BCUT2D eigenvalue weighted by atomic mass is 35.5. The molecule has 0 saturated carbocycles. The van der Waals surface area contributed by atoms with Crippen LogP contribution >= 0.6 is 23.2 Å². The molecule has 1 rings (SSSR count). The lowest BCUT2D eigenvalue weighted by molar-refractivity contribution is 0.470. The van der Waals surface area contributed by atoms with E-state index in [1.807, 2.05) is 0 Å². The zero-order valence-corrected chi connectivity index (χ0v) is 7.86. The van der Waals surface area contributed by atoms with Crippen molar-refractivity contribution in [1.82, 2.24) is 0 Å². The molecule has 0 aromatic heterocycles. The summed E-state index contributed by atoms with van der Waals surface area (Å²) in [6, 6.07) is 3.08. The molecule has 0 aliphatic rings. The summed E-state index contributed by atoms with van der Waals surface area (Å²) >= 11 is 11.6. The maximum atomic E-state index is 9.36. The van der Waals surface area contributed by atoms with Crippen LogP contribution in [0, 0.1) is 0 Å². The third-order valence-electron chi connectivity index (χ3n) is 1.52. The van der Waals surface area contributed by atoms with Crippen molar-refractivity contribution in [3.05, 3.63) is 40.4 Å². The summed E-state index contributed by atoms with van der Waals surface area (Å²) in [5, 5.41) is 10.2. The summed E-state index contributed by atoms with van der Waals surface area (Å²) < 4.78 is 0. The normalized spacial score (nSPS) is 9.83. The van der Waals surface area contributed by atoms with Crippen LogP contribution in [-0.4, -0.2) is 5.11 Å². The lowest BCUT2D eigenvalue weighted by Crippen LogP contribution is -1.84. The predicted molar refractivity (Wildman–Crippen MR) is 52.0 cm³/mol. The number of hydrogen-bond donors (Lipinski definition) is 1. The number of phenolic OH excluding ortho intramolecular Hbond substituents is 1. The van der Waals surface area contributed by atoms with Crippen molar-refractivity contribution in [2.45, 2.75) is 6.42 Å². The molecule has 0 aliphatic heterocycles. The molecule has 1 nitrogen and oxygen atoms in total. The van der Waals surface area contributed by atoms with Crippen molar-refractivity contribution >= 4 is 23.2 Å². The lowest BCUT2D eigenvalue weighted by Gasteiger charge is -2.05. The van der Waals surface area contributed by atoms with Gasteiger partial charge in [-0.3, -0.25) is 0 Å². The first-order valence-corrected chi connectivity index (χ1v) is 4.19. The molecule has 0 heterocycles. The quantitative estimate of drug-likeness (QED) is 0.730. The van der Waals surface area contributed by atoms with Gasteiger partial charge in [0, 0.05) is 5.56 Å². The van der Waals surface area contributed by atoms with E-state index in [2.05, 4.69) is 6.58 Å². The summed E-state index contributed by atoms with van der Waals surface area (Å²) in [5.41, 5.74) is 0.624. The summed E-state index contributed by atoms with van der Waals surface area (Å²) in [6.45, 7) is 3.56. The Bertz CT molecular complexity index is 308. The van der Waals surface area contributed by atoms with Gasteiger partial charge in [0.15, 0.2) is 0 Å². The molecule has 3 heteroatoms. The first kappa shape index (κ1) is 9.43. The summed E-state index contributed by atoms with van der Waals surface area (Å²) in [5.74, 6) is 0.157. The number of phenols is 1. The SMILES string of the molecule is C=CCc1c(O)ccc(Cl)c1Cl. The minimum atomic E-state index is 0.157. The van der Waals surface area contributed by atoms with Gasteiger partial charge in [-0.1, -0.05) is 29.3 Å². The second-order valence-corrected chi connectivity index (χ2v) is 3.14. The Morgan fingerprint density at radius 1 is 1.42 bits per heavy atom. The molecule has 0 amide bonds. The Morgan fingerprint density at radius 3 is 2.67 bits per heavy atom. The molecule has 0 saturated heterocycles. The van der Waals surface area contributed by atoms with Gasteiger partial charge in [0.1, 0.15) is 5.75 Å². The van der Waals surface area contributed by atoms with E-state index in [9.17, 15) is 5.11 Å². The van der Waals surface area contributed by atoms with Crippen LogP contribution in [0.3, 0.4) is 0 Å². The fourth-order valence-electron chi connectivity index (χ4n) is 0.921. The number of benzene rings is 1. The van der Waals surface area contributed by atoms with Crippen molar-refractivity contribution < 1.29 is 5.11 Å². The monoisotopic (exact) mass is 202 g/mol.